The molecule has 36 heavy (non-hydrogen) atoms. The van der Waals surface area contributed by atoms with Crippen LogP contribution in [0.2, 0.25) is 5.02 Å². The molecule has 3 aromatic carbocycles. The molecule has 0 radical (unpaired) electrons. The second-order valence-corrected chi connectivity index (χ2v) is 9.28. The second-order valence-electron chi connectivity index (χ2n) is 8.88. The average molecular weight is 509 g/mol. The van der Waals surface area contributed by atoms with Crippen LogP contribution in [-0.4, -0.2) is 37.0 Å². The van der Waals surface area contributed by atoms with Crippen molar-refractivity contribution in [3.8, 4) is 11.5 Å². The Balaban J connectivity index is 1.92. The van der Waals surface area contributed by atoms with Crippen LogP contribution in [0, 0.1) is 5.92 Å². The number of para-hydroxylation sites is 1. The quantitative estimate of drug-likeness (QED) is 0.343. The van der Waals surface area contributed by atoms with Crippen LogP contribution in [-0.2, 0) is 16.1 Å². The van der Waals surface area contributed by atoms with Gasteiger partial charge >= 0.3 is 0 Å². The highest BCUT2D eigenvalue weighted by atomic mass is 35.5. The summed E-state index contributed by atoms with van der Waals surface area (Å²) in [6.07, 6.45) is 0.843. The van der Waals surface area contributed by atoms with Gasteiger partial charge in [-0.25, -0.2) is 0 Å². The number of amides is 2. The molecule has 0 unspecified atom stereocenters. The summed E-state index contributed by atoms with van der Waals surface area (Å²) in [5.41, 5.74) is 1.58. The van der Waals surface area contributed by atoms with Gasteiger partial charge in [-0.2, -0.15) is 0 Å². The van der Waals surface area contributed by atoms with Crippen molar-refractivity contribution >= 4 is 23.4 Å². The van der Waals surface area contributed by atoms with Gasteiger partial charge < -0.3 is 19.7 Å². The Morgan fingerprint density at radius 3 is 2.25 bits per heavy atom. The van der Waals surface area contributed by atoms with E-state index in [1.807, 2.05) is 54.6 Å². The number of nitrogens with one attached hydrogen (secondary N) is 1. The van der Waals surface area contributed by atoms with E-state index >= 15 is 0 Å². The number of benzene rings is 3. The second kappa shape index (κ2) is 13.5. The minimum Gasteiger partial charge on any atom is -0.497 e. The van der Waals surface area contributed by atoms with E-state index < -0.39 is 6.04 Å². The molecule has 0 fully saturated rings. The third-order valence-corrected chi connectivity index (χ3v) is 6.03. The van der Waals surface area contributed by atoms with Crippen molar-refractivity contribution in [1.29, 1.82) is 0 Å². The van der Waals surface area contributed by atoms with Crippen molar-refractivity contribution in [3.63, 3.8) is 0 Å². The molecule has 0 spiro atoms. The number of methoxy groups -OCH3 is 1. The summed E-state index contributed by atoms with van der Waals surface area (Å²) in [5, 5.41) is 3.43. The van der Waals surface area contributed by atoms with E-state index in [-0.39, 0.29) is 25.0 Å². The molecule has 0 aliphatic rings. The summed E-state index contributed by atoms with van der Waals surface area (Å²) in [7, 11) is 1.60. The maximum Gasteiger partial charge on any atom is 0.261 e. The van der Waals surface area contributed by atoms with E-state index in [0.717, 1.165) is 17.5 Å². The molecule has 0 saturated carbocycles. The fraction of sp³-hybridized carbons (Fsp3) is 0.310. The van der Waals surface area contributed by atoms with Gasteiger partial charge in [-0.3, -0.25) is 9.59 Å². The summed E-state index contributed by atoms with van der Waals surface area (Å²) in [6, 6.07) is 22.9. The van der Waals surface area contributed by atoms with Gasteiger partial charge in [0.25, 0.3) is 5.91 Å². The van der Waals surface area contributed by atoms with Crippen molar-refractivity contribution in [1.82, 2.24) is 10.2 Å². The van der Waals surface area contributed by atoms with Gasteiger partial charge in [-0.15, -0.1) is 0 Å². The highest BCUT2D eigenvalue weighted by Gasteiger charge is 2.31. The number of carbonyl (C=O) groups excluding carboxylic acids is 2. The first kappa shape index (κ1) is 27.1. The summed E-state index contributed by atoms with van der Waals surface area (Å²) >= 11 is 6.21. The van der Waals surface area contributed by atoms with Gasteiger partial charge in [0.2, 0.25) is 5.91 Å². The first-order valence-electron chi connectivity index (χ1n) is 12.0. The number of halogens is 1. The van der Waals surface area contributed by atoms with E-state index in [1.165, 1.54) is 0 Å². The normalized spacial score (nSPS) is 11.6. The maximum absolute atomic E-state index is 13.6. The summed E-state index contributed by atoms with van der Waals surface area (Å²) in [4.78, 5) is 28.7. The van der Waals surface area contributed by atoms with Gasteiger partial charge in [0.15, 0.2) is 6.61 Å². The minimum absolute atomic E-state index is 0.214. The zero-order valence-corrected chi connectivity index (χ0v) is 21.7. The molecule has 0 aliphatic heterocycles. The number of hydrogen-bond acceptors (Lipinski definition) is 4. The Morgan fingerprint density at radius 1 is 0.944 bits per heavy atom. The summed E-state index contributed by atoms with van der Waals surface area (Å²) in [6.45, 7) is 4.69. The van der Waals surface area contributed by atoms with Crippen LogP contribution >= 0.6 is 11.6 Å². The van der Waals surface area contributed by atoms with Crippen LogP contribution in [0.3, 0.4) is 0 Å². The smallest absolute Gasteiger partial charge is 0.261 e. The number of carbonyl (C=O) groups is 2. The van der Waals surface area contributed by atoms with Crippen molar-refractivity contribution in [2.24, 2.45) is 5.92 Å². The third kappa shape index (κ3) is 7.75. The number of rotatable bonds is 12. The van der Waals surface area contributed by atoms with Crippen LogP contribution in [0.25, 0.3) is 0 Å². The standard InChI is InChI=1S/C29H33ClN2O4/c1-21(2)17-18-31-29(34)28(23-9-5-4-6-10-23)32(19-22-13-15-24(35-3)16-14-22)27(33)20-36-26-12-8-7-11-25(26)30/h4-16,21,28H,17-20H2,1-3H3,(H,31,34)/t28-/m1/s1. The highest BCUT2D eigenvalue weighted by Crippen LogP contribution is 2.27. The molecule has 0 aliphatic carbocycles. The first-order chi connectivity index (χ1) is 17.4. The molecule has 6 nitrogen and oxygen atoms in total. The molecule has 3 rings (SSSR count). The van der Waals surface area contributed by atoms with E-state index in [9.17, 15) is 9.59 Å². The fourth-order valence-electron chi connectivity index (χ4n) is 3.72. The molecule has 190 valence electrons. The number of hydrogen-bond donors (Lipinski definition) is 1. The van der Waals surface area contributed by atoms with Gasteiger partial charge in [0, 0.05) is 13.1 Å². The maximum atomic E-state index is 13.6. The molecule has 2 amide bonds. The van der Waals surface area contributed by atoms with Crippen molar-refractivity contribution in [2.75, 3.05) is 20.3 Å². The lowest BCUT2D eigenvalue weighted by molar-refractivity contribution is -0.143. The molecule has 1 N–H and O–H groups in total. The monoisotopic (exact) mass is 508 g/mol. The summed E-state index contributed by atoms with van der Waals surface area (Å²) < 4.78 is 11.0. The van der Waals surface area contributed by atoms with Crippen LogP contribution < -0.4 is 14.8 Å². The number of nitrogens with zero attached hydrogens (tertiary/aromatic N) is 1. The largest absolute Gasteiger partial charge is 0.497 e. The van der Waals surface area contributed by atoms with Crippen LogP contribution in [0.5, 0.6) is 11.5 Å². The molecule has 0 bridgehead atoms. The van der Waals surface area contributed by atoms with Crippen molar-refractivity contribution in [2.45, 2.75) is 32.9 Å². The van der Waals surface area contributed by atoms with Gasteiger partial charge in [0.1, 0.15) is 17.5 Å². The lowest BCUT2D eigenvalue weighted by Gasteiger charge is -2.31. The molecule has 0 heterocycles. The Hall–Kier alpha value is -3.51. The Labute approximate surface area is 218 Å². The minimum atomic E-state index is -0.831. The Kier molecular flexibility index (Phi) is 10.2. The van der Waals surface area contributed by atoms with Gasteiger partial charge in [0.05, 0.1) is 12.1 Å². The average Bonchev–Trinajstić information content (AvgIpc) is 2.88. The molecule has 7 heteroatoms. The lowest BCUT2D eigenvalue weighted by Crippen LogP contribution is -2.45. The Morgan fingerprint density at radius 2 is 1.61 bits per heavy atom. The van der Waals surface area contributed by atoms with Crippen LogP contribution in [0.1, 0.15) is 37.4 Å². The zero-order valence-electron chi connectivity index (χ0n) is 20.9. The van der Waals surface area contributed by atoms with E-state index in [0.29, 0.717) is 29.0 Å². The molecule has 0 aromatic heterocycles. The van der Waals surface area contributed by atoms with E-state index in [2.05, 4.69) is 19.2 Å². The van der Waals surface area contributed by atoms with Gasteiger partial charge in [-0.05, 0) is 47.7 Å². The topological polar surface area (TPSA) is 67.9 Å². The molecule has 1 atom stereocenters. The van der Waals surface area contributed by atoms with Crippen LogP contribution in [0.4, 0.5) is 0 Å². The number of ether oxygens (including phenoxy) is 2. The highest BCUT2D eigenvalue weighted by molar-refractivity contribution is 6.32. The summed E-state index contributed by atoms with van der Waals surface area (Å²) in [5.74, 6) is 1.00. The Bertz CT molecular complexity index is 1120. The molecular weight excluding hydrogens is 476 g/mol. The predicted molar refractivity (Wildman–Crippen MR) is 142 cm³/mol. The van der Waals surface area contributed by atoms with E-state index in [4.69, 9.17) is 21.1 Å². The fourth-order valence-corrected chi connectivity index (χ4v) is 3.91. The zero-order chi connectivity index (χ0) is 25.9. The molecule has 3 aromatic rings. The van der Waals surface area contributed by atoms with Crippen molar-refractivity contribution < 1.29 is 19.1 Å². The third-order valence-electron chi connectivity index (χ3n) is 5.72. The van der Waals surface area contributed by atoms with Crippen molar-refractivity contribution in [3.05, 3.63) is 95.0 Å². The predicted octanol–water partition coefficient (Wildman–Crippen LogP) is 5.66. The van der Waals surface area contributed by atoms with Crippen LogP contribution in [0.15, 0.2) is 78.9 Å². The molecular formula is C29H33ClN2O4. The first-order valence-corrected chi connectivity index (χ1v) is 12.4. The van der Waals surface area contributed by atoms with E-state index in [1.54, 1.807) is 36.3 Å². The van der Waals surface area contributed by atoms with Gasteiger partial charge in [-0.1, -0.05) is 80.0 Å². The lowest BCUT2D eigenvalue weighted by atomic mass is 10.0. The SMILES string of the molecule is COc1ccc(CN(C(=O)COc2ccccc2Cl)[C@@H](C(=O)NCCC(C)C)c2ccccc2)cc1. The molecule has 0 saturated heterocycles.